The van der Waals surface area contributed by atoms with E-state index in [0.29, 0.717) is 19.2 Å². The quantitative estimate of drug-likeness (QED) is 0.623. The van der Waals surface area contributed by atoms with Gasteiger partial charge >= 0.3 is 6.18 Å². The molecule has 0 aromatic heterocycles. The number of likely N-dealkylation sites (tertiary alicyclic amines) is 1. The Labute approximate surface area is 86.7 Å². The molecule has 0 aromatic rings. The molecule has 0 unspecified atom stereocenters. The molecule has 15 heavy (non-hydrogen) atoms. The molecular formula is C10H14F3NO. The van der Waals surface area contributed by atoms with E-state index in [4.69, 9.17) is 0 Å². The predicted molar refractivity (Wildman–Crippen MR) is 50.2 cm³/mol. The first-order valence-corrected chi connectivity index (χ1v) is 4.95. The topological polar surface area (TPSA) is 20.3 Å². The lowest BCUT2D eigenvalue weighted by Gasteiger charge is -2.25. The lowest BCUT2D eigenvalue weighted by atomic mass is 10.1. The van der Waals surface area contributed by atoms with Gasteiger partial charge in [0.15, 0.2) is 0 Å². The number of alkyl halides is 3. The van der Waals surface area contributed by atoms with E-state index in [0.717, 1.165) is 26.2 Å². The highest BCUT2D eigenvalue weighted by atomic mass is 19.4. The fourth-order valence-corrected chi connectivity index (χ4v) is 1.47. The first-order valence-electron chi connectivity index (χ1n) is 4.95. The summed E-state index contributed by atoms with van der Waals surface area (Å²) in [6.45, 7) is 2.06. The van der Waals surface area contributed by atoms with Crippen LogP contribution in [0.3, 0.4) is 0 Å². The monoisotopic (exact) mass is 221 g/mol. The van der Waals surface area contributed by atoms with Crippen LogP contribution in [0.5, 0.6) is 0 Å². The van der Waals surface area contributed by atoms with Gasteiger partial charge in [-0.3, -0.25) is 4.79 Å². The Morgan fingerprint density at radius 3 is 2.20 bits per heavy atom. The standard InChI is InChI=1S/C10H14F3NO/c1-8(10(11,12)13)7-9(15)14-5-3-2-4-6-14/h7H,2-6H2,1H3. The van der Waals surface area contributed by atoms with Crippen LogP contribution in [0, 0.1) is 0 Å². The Kier molecular flexibility index (Phi) is 3.77. The first-order chi connectivity index (χ1) is 6.91. The second-order valence-corrected chi connectivity index (χ2v) is 3.71. The Morgan fingerprint density at radius 1 is 1.20 bits per heavy atom. The average molecular weight is 221 g/mol. The van der Waals surface area contributed by atoms with Crippen LogP contribution >= 0.6 is 0 Å². The third kappa shape index (κ3) is 3.57. The van der Waals surface area contributed by atoms with Crippen LogP contribution in [0.2, 0.25) is 0 Å². The molecule has 5 heteroatoms. The summed E-state index contributed by atoms with van der Waals surface area (Å²) in [5.74, 6) is -0.524. The van der Waals surface area contributed by atoms with E-state index in [-0.39, 0.29) is 0 Å². The van der Waals surface area contributed by atoms with Crippen molar-refractivity contribution in [1.29, 1.82) is 0 Å². The summed E-state index contributed by atoms with van der Waals surface area (Å²) < 4.78 is 36.4. The number of carbonyl (C=O) groups is 1. The zero-order chi connectivity index (χ0) is 11.5. The average Bonchev–Trinajstić information content (AvgIpc) is 2.17. The number of hydrogen-bond acceptors (Lipinski definition) is 1. The van der Waals surface area contributed by atoms with Crippen molar-refractivity contribution in [2.24, 2.45) is 0 Å². The molecule has 0 aliphatic carbocycles. The first kappa shape index (κ1) is 12.1. The van der Waals surface area contributed by atoms with Crippen molar-refractivity contribution < 1.29 is 18.0 Å². The molecule has 0 N–H and O–H groups in total. The van der Waals surface area contributed by atoms with Crippen LogP contribution in [0.4, 0.5) is 13.2 Å². The summed E-state index contributed by atoms with van der Waals surface area (Å²) in [4.78, 5) is 12.9. The van der Waals surface area contributed by atoms with Crippen LogP contribution in [0.1, 0.15) is 26.2 Å². The molecule has 1 amide bonds. The molecule has 1 fully saturated rings. The van der Waals surface area contributed by atoms with E-state index < -0.39 is 17.7 Å². The van der Waals surface area contributed by atoms with Gasteiger partial charge in [-0.25, -0.2) is 0 Å². The van der Waals surface area contributed by atoms with E-state index in [9.17, 15) is 18.0 Å². The van der Waals surface area contributed by atoms with Crippen molar-refractivity contribution in [2.75, 3.05) is 13.1 Å². The Hall–Kier alpha value is -1.00. The fraction of sp³-hybridized carbons (Fsp3) is 0.700. The summed E-state index contributed by atoms with van der Waals surface area (Å²) in [5, 5.41) is 0. The van der Waals surface area contributed by atoms with Crippen molar-refractivity contribution in [3.8, 4) is 0 Å². The van der Waals surface area contributed by atoms with Gasteiger partial charge in [-0.2, -0.15) is 13.2 Å². The highest BCUT2D eigenvalue weighted by Crippen LogP contribution is 2.25. The minimum Gasteiger partial charge on any atom is -0.339 e. The van der Waals surface area contributed by atoms with Crippen LogP contribution in [-0.2, 0) is 4.79 Å². The molecule has 1 heterocycles. The summed E-state index contributed by atoms with van der Waals surface area (Å²) >= 11 is 0. The van der Waals surface area contributed by atoms with Gasteiger partial charge in [0, 0.05) is 24.7 Å². The van der Waals surface area contributed by atoms with Crippen molar-refractivity contribution in [3.05, 3.63) is 11.6 Å². The molecule has 2 nitrogen and oxygen atoms in total. The predicted octanol–water partition coefficient (Wildman–Crippen LogP) is 2.51. The molecule has 86 valence electrons. The second kappa shape index (κ2) is 4.68. The van der Waals surface area contributed by atoms with Gasteiger partial charge in [-0.05, 0) is 26.2 Å². The maximum absolute atomic E-state index is 12.1. The lowest BCUT2D eigenvalue weighted by Crippen LogP contribution is -2.35. The normalized spacial score (nSPS) is 19.2. The zero-order valence-corrected chi connectivity index (χ0v) is 8.60. The number of allylic oxidation sites excluding steroid dienone is 1. The van der Waals surface area contributed by atoms with Gasteiger partial charge < -0.3 is 4.90 Å². The number of halogens is 3. The van der Waals surface area contributed by atoms with Crippen LogP contribution < -0.4 is 0 Å². The van der Waals surface area contributed by atoms with Gasteiger partial charge in [0.25, 0.3) is 0 Å². The SMILES string of the molecule is CC(=CC(=O)N1CCCCC1)C(F)(F)F. The molecule has 0 spiro atoms. The van der Waals surface area contributed by atoms with Crippen LogP contribution in [0.15, 0.2) is 11.6 Å². The number of rotatable bonds is 1. The van der Waals surface area contributed by atoms with E-state index in [2.05, 4.69) is 0 Å². The van der Waals surface area contributed by atoms with Crippen LogP contribution in [0.25, 0.3) is 0 Å². The Morgan fingerprint density at radius 2 is 1.73 bits per heavy atom. The van der Waals surface area contributed by atoms with Gasteiger partial charge in [-0.15, -0.1) is 0 Å². The molecular weight excluding hydrogens is 207 g/mol. The van der Waals surface area contributed by atoms with Crippen molar-refractivity contribution in [1.82, 2.24) is 4.90 Å². The van der Waals surface area contributed by atoms with Gasteiger partial charge in [-0.1, -0.05) is 0 Å². The molecule has 0 saturated carbocycles. The van der Waals surface area contributed by atoms with E-state index in [1.165, 1.54) is 4.90 Å². The molecule has 0 bridgehead atoms. The number of piperidine rings is 1. The lowest BCUT2D eigenvalue weighted by molar-refractivity contribution is -0.128. The van der Waals surface area contributed by atoms with E-state index >= 15 is 0 Å². The summed E-state index contributed by atoms with van der Waals surface area (Å²) in [7, 11) is 0. The number of nitrogens with zero attached hydrogens (tertiary/aromatic N) is 1. The van der Waals surface area contributed by atoms with Crippen molar-refractivity contribution >= 4 is 5.91 Å². The molecule has 0 aromatic carbocycles. The minimum absolute atomic E-state index is 0.524. The van der Waals surface area contributed by atoms with Crippen molar-refractivity contribution in [3.63, 3.8) is 0 Å². The fourth-order valence-electron chi connectivity index (χ4n) is 1.47. The smallest absolute Gasteiger partial charge is 0.339 e. The molecule has 0 radical (unpaired) electrons. The largest absolute Gasteiger partial charge is 0.412 e. The van der Waals surface area contributed by atoms with Crippen LogP contribution in [-0.4, -0.2) is 30.1 Å². The number of amides is 1. The maximum Gasteiger partial charge on any atom is 0.412 e. The highest BCUT2D eigenvalue weighted by molar-refractivity contribution is 5.88. The summed E-state index contributed by atoms with van der Waals surface area (Å²) in [5.41, 5.74) is -0.835. The third-order valence-corrected chi connectivity index (χ3v) is 2.45. The van der Waals surface area contributed by atoms with Crippen molar-refractivity contribution in [2.45, 2.75) is 32.4 Å². The van der Waals surface area contributed by atoms with E-state index in [1.54, 1.807) is 0 Å². The third-order valence-electron chi connectivity index (χ3n) is 2.45. The molecule has 1 saturated heterocycles. The van der Waals surface area contributed by atoms with E-state index in [1.807, 2.05) is 0 Å². The molecule has 1 aliphatic heterocycles. The highest BCUT2D eigenvalue weighted by Gasteiger charge is 2.31. The van der Waals surface area contributed by atoms with Gasteiger partial charge in [0.2, 0.25) is 5.91 Å². The summed E-state index contributed by atoms with van der Waals surface area (Å²) in [6.07, 6.45) is -0.905. The minimum atomic E-state index is -4.40. The summed E-state index contributed by atoms with van der Waals surface area (Å²) in [6, 6.07) is 0. The molecule has 1 rings (SSSR count). The molecule has 0 atom stereocenters. The Bertz CT molecular complexity index is 264. The second-order valence-electron chi connectivity index (χ2n) is 3.71. The Balaban J connectivity index is 2.60. The van der Waals surface area contributed by atoms with Gasteiger partial charge in [0.1, 0.15) is 0 Å². The molecule has 1 aliphatic rings. The maximum atomic E-state index is 12.1. The zero-order valence-electron chi connectivity index (χ0n) is 8.60. The number of carbonyl (C=O) groups excluding carboxylic acids is 1. The number of hydrogen-bond donors (Lipinski definition) is 0. The van der Waals surface area contributed by atoms with Gasteiger partial charge in [0.05, 0.1) is 0 Å².